The molecular weight excluding hydrogens is 493 g/mol. The van der Waals surface area contributed by atoms with E-state index >= 15 is 0 Å². The first kappa shape index (κ1) is 34.8. The highest BCUT2D eigenvalue weighted by molar-refractivity contribution is 6.74. The lowest BCUT2D eigenvalue weighted by Crippen LogP contribution is -2.47. The first-order chi connectivity index (χ1) is 17.0. The molecule has 0 radical (unpaired) electrons. The van der Waals surface area contributed by atoms with Crippen LogP contribution >= 0.6 is 0 Å². The van der Waals surface area contributed by atoms with Gasteiger partial charge in [0.1, 0.15) is 0 Å². The van der Waals surface area contributed by atoms with Crippen LogP contribution in [0.15, 0.2) is 24.3 Å². The van der Waals surface area contributed by atoms with E-state index in [1.807, 2.05) is 0 Å². The molecule has 4 nitrogen and oxygen atoms in total. The number of hydrogen-bond donors (Lipinski definition) is 0. The summed E-state index contributed by atoms with van der Waals surface area (Å²) < 4.78 is 26.0. The van der Waals surface area contributed by atoms with Crippen molar-refractivity contribution in [3.05, 3.63) is 24.3 Å². The Bertz CT molecular complexity index is 699. The van der Waals surface area contributed by atoms with Crippen molar-refractivity contribution in [1.82, 2.24) is 0 Å². The summed E-state index contributed by atoms with van der Waals surface area (Å²) in [6.07, 6.45) is 17.1. The Balaban J connectivity index is 3.22. The minimum Gasteiger partial charge on any atom is -0.414 e. The van der Waals surface area contributed by atoms with Gasteiger partial charge in [-0.3, -0.25) is 0 Å². The molecule has 0 heterocycles. The van der Waals surface area contributed by atoms with Crippen LogP contribution in [0.3, 0.4) is 0 Å². The monoisotopic (exact) mass is 554 g/mol. The number of allylic oxidation sites excluding steroid dienone is 4. The van der Waals surface area contributed by atoms with Crippen molar-refractivity contribution >= 4 is 16.6 Å². The minimum atomic E-state index is -1.98. The van der Waals surface area contributed by atoms with Crippen molar-refractivity contribution < 1.29 is 18.3 Å². The van der Waals surface area contributed by atoms with Crippen LogP contribution < -0.4 is 0 Å². The molecule has 0 spiro atoms. The fraction of sp³-hybridized carbons (Fsp3) is 0.871. The Morgan fingerprint density at radius 3 is 1.76 bits per heavy atom. The van der Waals surface area contributed by atoms with Crippen LogP contribution in [0.5, 0.6) is 0 Å². The van der Waals surface area contributed by atoms with Crippen LogP contribution in [0.4, 0.5) is 0 Å². The number of rotatable bonds is 15. The molecule has 0 bridgehead atoms. The summed E-state index contributed by atoms with van der Waals surface area (Å²) in [7, 11) is -0.422. The topological polar surface area (TPSA) is 36.9 Å². The van der Waals surface area contributed by atoms with Crippen LogP contribution in [0, 0.1) is 11.8 Å². The fourth-order valence-electron chi connectivity index (χ4n) is 4.71. The van der Waals surface area contributed by atoms with Gasteiger partial charge in [-0.15, -0.1) is 0 Å². The summed E-state index contributed by atoms with van der Waals surface area (Å²) in [4.78, 5) is 0. The number of hydrogen-bond acceptors (Lipinski definition) is 4. The SMILES string of the molecule is CCCCC/C=C\C/C=C\C[C@@H]1[C@H](C(OC)OC)[C@@H](O[Si](C)(C)C(C)(C)C)C[C@H]1O[Si](C)(C)C(C)(C)C. The van der Waals surface area contributed by atoms with E-state index in [0.29, 0.717) is 5.92 Å². The lowest BCUT2D eigenvalue weighted by molar-refractivity contribution is -0.164. The predicted molar refractivity (Wildman–Crippen MR) is 165 cm³/mol. The maximum atomic E-state index is 7.12. The van der Waals surface area contributed by atoms with Gasteiger partial charge in [0, 0.05) is 20.1 Å². The molecule has 4 atom stereocenters. The highest BCUT2D eigenvalue weighted by Gasteiger charge is 2.53. The lowest BCUT2D eigenvalue weighted by atomic mass is 9.89. The van der Waals surface area contributed by atoms with E-state index in [0.717, 1.165) is 19.3 Å². The molecule has 0 aromatic carbocycles. The third kappa shape index (κ3) is 10.3. The van der Waals surface area contributed by atoms with Gasteiger partial charge in [0.2, 0.25) is 0 Å². The molecule has 1 aliphatic carbocycles. The van der Waals surface area contributed by atoms with Crippen molar-refractivity contribution in [2.24, 2.45) is 11.8 Å². The normalized spacial score (nSPS) is 24.3. The van der Waals surface area contributed by atoms with Crippen molar-refractivity contribution in [3.8, 4) is 0 Å². The molecule has 0 aromatic rings. The Labute approximate surface area is 233 Å². The smallest absolute Gasteiger partial charge is 0.192 e. The van der Waals surface area contributed by atoms with E-state index in [2.05, 4.69) is 99.0 Å². The zero-order valence-electron chi connectivity index (χ0n) is 26.8. The first-order valence-electron chi connectivity index (χ1n) is 14.7. The standard InChI is InChI=1S/C31H62O4Si2/c1-14-15-16-17-18-19-20-21-22-23-25-26(34-36(10,11)30(2,3)4)24-27(28(25)29(32-8)33-9)35-37(12,13)31(5,6)7/h18-19,21-22,25-29H,14-17,20,23-24H2,1-13H3/b19-18-,22-21-/t25-,26+,27-,28-/m0/s1. The lowest BCUT2D eigenvalue weighted by Gasteiger charge is -2.41. The predicted octanol–water partition coefficient (Wildman–Crippen LogP) is 9.50. The van der Waals surface area contributed by atoms with Crippen LogP contribution in [-0.4, -0.2) is 49.4 Å². The van der Waals surface area contributed by atoms with Gasteiger partial charge in [-0.25, -0.2) is 0 Å². The van der Waals surface area contributed by atoms with Crippen molar-refractivity contribution in [2.75, 3.05) is 14.2 Å². The van der Waals surface area contributed by atoms with Gasteiger partial charge in [0.05, 0.1) is 12.2 Å². The van der Waals surface area contributed by atoms with Crippen LogP contribution in [0.1, 0.15) is 93.4 Å². The van der Waals surface area contributed by atoms with Gasteiger partial charge in [-0.05, 0) is 74.3 Å². The maximum Gasteiger partial charge on any atom is 0.192 e. The van der Waals surface area contributed by atoms with E-state index in [1.54, 1.807) is 14.2 Å². The second-order valence-corrected chi connectivity index (χ2v) is 23.6. The van der Waals surface area contributed by atoms with Gasteiger partial charge >= 0.3 is 0 Å². The van der Waals surface area contributed by atoms with Crippen LogP contribution in [0.25, 0.3) is 0 Å². The summed E-state index contributed by atoms with van der Waals surface area (Å²) in [5.74, 6) is 0.423. The molecule has 0 aliphatic heterocycles. The molecule has 1 rings (SSSR count). The Hall–Kier alpha value is -0.246. The molecule has 0 saturated heterocycles. The average molecular weight is 555 g/mol. The summed E-state index contributed by atoms with van der Waals surface area (Å²) in [6, 6.07) is 0. The molecule has 0 N–H and O–H groups in total. The number of ether oxygens (including phenoxy) is 2. The van der Waals surface area contributed by atoms with Crippen molar-refractivity contribution in [2.45, 2.75) is 148 Å². The molecular formula is C31H62O4Si2. The molecule has 1 aliphatic rings. The molecule has 218 valence electrons. The molecule has 0 aromatic heterocycles. The summed E-state index contributed by atoms with van der Waals surface area (Å²) in [5.41, 5.74) is 0. The molecule has 0 amide bonds. The van der Waals surface area contributed by atoms with Crippen LogP contribution in [-0.2, 0) is 18.3 Å². The van der Waals surface area contributed by atoms with Crippen molar-refractivity contribution in [1.29, 1.82) is 0 Å². The van der Waals surface area contributed by atoms with Gasteiger partial charge in [-0.1, -0.05) is 85.6 Å². The third-order valence-electron chi connectivity index (χ3n) is 9.14. The second kappa shape index (κ2) is 14.9. The zero-order chi connectivity index (χ0) is 28.5. The molecule has 6 heteroatoms. The summed E-state index contributed by atoms with van der Waals surface area (Å²) in [5, 5.41) is 0.302. The molecule has 1 fully saturated rings. The Morgan fingerprint density at radius 1 is 0.757 bits per heavy atom. The second-order valence-electron chi connectivity index (χ2n) is 14.1. The Morgan fingerprint density at radius 2 is 1.27 bits per heavy atom. The zero-order valence-corrected chi connectivity index (χ0v) is 28.8. The highest BCUT2D eigenvalue weighted by Crippen LogP contribution is 2.48. The van der Waals surface area contributed by atoms with Gasteiger partial charge < -0.3 is 18.3 Å². The highest BCUT2D eigenvalue weighted by atomic mass is 28.4. The maximum absolute atomic E-state index is 7.12. The average Bonchev–Trinajstić information content (AvgIpc) is 3.07. The van der Waals surface area contributed by atoms with E-state index in [1.165, 1.54) is 25.7 Å². The summed E-state index contributed by atoms with van der Waals surface area (Å²) in [6.45, 7) is 25.6. The summed E-state index contributed by atoms with van der Waals surface area (Å²) >= 11 is 0. The fourth-order valence-corrected chi connectivity index (χ4v) is 7.45. The number of unbranched alkanes of at least 4 members (excludes halogenated alkanes) is 3. The molecule has 37 heavy (non-hydrogen) atoms. The van der Waals surface area contributed by atoms with E-state index < -0.39 is 16.6 Å². The first-order valence-corrected chi connectivity index (χ1v) is 20.5. The van der Waals surface area contributed by atoms with E-state index in [-0.39, 0.29) is 34.5 Å². The van der Waals surface area contributed by atoms with Crippen LogP contribution in [0.2, 0.25) is 36.3 Å². The van der Waals surface area contributed by atoms with E-state index in [9.17, 15) is 0 Å². The molecule has 1 saturated carbocycles. The van der Waals surface area contributed by atoms with Crippen molar-refractivity contribution in [3.63, 3.8) is 0 Å². The Kier molecular flexibility index (Phi) is 14.0. The third-order valence-corrected chi connectivity index (χ3v) is 18.1. The minimum absolute atomic E-state index is 0.0671. The van der Waals surface area contributed by atoms with Gasteiger partial charge in [-0.2, -0.15) is 0 Å². The van der Waals surface area contributed by atoms with Gasteiger partial charge in [0.15, 0.2) is 22.9 Å². The van der Waals surface area contributed by atoms with E-state index in [4.69, 9.17) is 18.3 Å². The quantitative estimate of drug-likeness (QED) is 0.0874. The van der Waals surface area contributed by atoms with Gasteiger partial charge in [0.25, 0.3) is 0 Å². The number of methoxy groups -OCH3 is 2. The largest absolute Gasteiger partial charge is 0.414 e. The molecule has 0 unspecified atom stereocenters.